The van der Waals surface area contributed by atoms with E-state index >= 15 is 0 Å². The SMILES string of the molecule is COc1ccccc1/C=C/NC(=O)N1CCCCC1CCO. The van der Waals surface area contributed by atoms with Gasteiger partial charge in [-0.05, 0) is 37.8 Å². The van der Waals surface area contributed by atoms with Gasteiger partial charge in [-0.25, -0.2) is 4.79 Å². The Morgan fingerprint density at radius 3 is 3.05 bits per heavy atom. The summed E-state index contributed by atoms with van der Waals surface area (Å²) in [4.78, 5) is 14.1. The topological polar surface area (TPSA) is 61.8 Å². The zero-order valence-electron chi connectivity index (χ0n) is 13.0. The molecule has 1 heterocycles. The van der Waals surface area contributed by atoms with Gasteiger partial charge in [-0.2, -0.15) is 0 Å². The standard InChI is InChI=1S/C17H24N2O3/c1-22-16-8-3-2-6-14(16)9-11-18-17(21)19-12-5-4-7-15(19)10-13-20/h2-3,6,8-9,11,15,20H,4-5,7,10,12-13H2,1H3,(H,18,21)/b11-9+. The minimum atomic E-state index is -0.107. The van der Waals surface area contributed by atoms with Crippen molar-refractivity contribution in [3.8, 4) is 5.75 Å². The lowest BCUT2D eigenvalue weighted by Gasteiger charge is -2.35. The summed E-state index contributed by atoms with van der Waals surface area (Å²) in [6, 6.07) is 7.66. The molecule has 120 valence electrons. The molecule has 2 rings (SSSR count). The van der Waals surface area contributed by atoms with E-state index < -0.39 is 0 Å². The van der Waals surface area contributed by atoms with E-state index in [1.807, 2.05) is 35.2 Å². The summed E-state index contributed by atoms with van der Waals surface area (Å²) in [6.07, 6.45) is 7.21. The highest BCUT2D eigenvalue weighted by Gasteiger charge is 2.25. The number of carbonyl (C=O) groups is 1. The maximum atomic E-state index is 12.3. The molecule has 1 aromatic carbocycles. The molecule has 22 heavy (non-hydrogen) atoms. The first-order chi connectivity index (χ1) is 10.8. The number of likely N-dealkylation sites (tertiary alicyclic amines) is 1. The van der Waals surface area contributed by atoms with Crippen molar-refractivity contribution >= 4 is 12.1 Å². The first-order valence-corrected chi connectivity index (χ1v) is 7.74. The zero-order valence-corrected chi connectivity index (χ0v) is 13.0. The van der Waals surface area contributed by atoms with Gasteiger partial charge in [-0.1, -0.05) is 18.2 Å². The molecular formula is C17H24N2O3. The first kappa shape index (κ1) is 16.4. The molecule has 0 saturated carbocycles. The van der Waals surface area contributed by atoms with Crippen LogP contribution in [0, 0.1) is 0 Å². The summed E-state index contributed by atoms with van der Waals surface area (Å²) >= 11 is 0. The van der Waals surface area contributed by atoms with Crippen molar-refractivity contribution in [2.75, 3.05) is 20.3 Å². The van der Waals surface area contributed by atoms with Crippen LogP contribution in [0.5, 0.6) is 5.75 Å². The second-order valence-electron chi connectivity index (χ2n) is 5.38. The van der Waals surface area contributed by atoms with Gasteiger partial charge in [0.1, 0.15) is 5.75 Å². The van der Waals surface area contributed by atoms with Crippen molar-refractivity contribution in [1.29, 1.82) is 0 Å². The second-order valence-corrected chi connectivity index (χ2v) is 5.38. The molecule has 5 heteroatoms. The minimum absolute atomic E-state index is 0.107. The summed E-state index contributed by atoms with van der Waals surface area (Å²) in [5.41, 5.74) is 0.913. The van der Waals surface area contributed by atoms with Crippen molar-refractivity contribution < 1.29 is 14.6 Å². The van der Waals surface area contributed by atoms with Gasteiger partial charge in [0.15, 0.2) is 0 Å². The van der Waals surface area contributed by atoms with Gasteiger partial charge in [0.2, 0.25) is 0 Å². The number of benzene rings is 1. The van der Waals surface area contributed by atoms with Crippen LogP contribution in [0.4, 0.5) is 4.79 Å². The molecule has 1 aliphatic heterocycles. The summed E-state index contributed by atoms with van der Waals surface area (Å²) in [6.45, 7) is 0.866. The fraction of sp³-hybridized carbons (Fsp3) is 0.471. The number of ether oxygens (including phenoxy) is 1. The Hall–Kier alpha value is -2.01. The molecule has 2 amide bonds. The number of aliphatic hydroxyl groups excluding tert-OH is 1. The largest absolute Gasteiger partial charge is 0.496 e. The van der Waals surface area contributed by atoms with Gasteiger partial charge in [-0.3, -0.25) is 0 Å². The smallest absolute Gasteiger partial charge is 0.321 e. The van der Waals surface area contributed by atoms with Crippen LogP contribution in [0.3, 0.4) is 0 Å². The lowest BCUT2D eigenvalue weighted by atomic mass is 10.0. The van der Waals surface area contributed by atoms with Gasteiger partial charge in [0.05, 0.1) is 7.11 Å². The molecule has 1 atom stereocenters. The van der Waals surface area contributed by atoms with Gasteiger partial charge in [0, 0.05) is 31.0 Å². The second kappa shape index (κ2) is 8.44. The lowest BCUT2D eigenvalue weighted by molar-refractivity contribution is 0.134. The molecule has 2 N–H and O–H groups in total. The summed E-state index contributed by atoms with van der Waals surface area (Å²) < 4.78 is 5.27. The van der Waals surface area contributed by atoms with E-state index in [-0.39, 0.29) is 18.7 Å². The number of amides is 2. The van der Waals surface area contributed by atoms with Crippen LogP contribution in [0.25, 0.3) is 6.08 Å². The number of aliphatic hydroxyl groups is 1. The highest BCUT2D eigenvalue weighted by atomic mass is 16.5. The Labute approximate surface area is 131 Å². The summed E-state index contributed by atoms with van der Waals surface area (Å²) in [5, 5.41) is 11.9. The number of hydrogen-bond donors (Lipinski definition) is 2. The van der Waals surface area contributed by atoms with Crippen molar-refractivity contribution in [3.05, 3.63) is 36.0 Å². The van der Waals surface area contributed by atoms with Crippen molar-refractivity contribution in [2.45, 2.75) is 31.7 Å². The molecule has 1 unspecified atom stereocenters. The van der Waals surface area contributed by atoms with E-state index in [2.05, 4.69) is 5.32 Å². The van der Waals surface area contributed by atoms with Crippen molar-refractivity contribution in [3.63, 3.8) is 0 Å². The number of nitrogens with zero attached hydrogens (tertiary/aromatic N) is 1. The number of rotatable bonds is 5. The first-order valence-electron chi connectivity index (χ1n) is 7.74. The molecule has 0 aliphatic carbocycles. The number of nitrogens with one attached hydrogen (secondary N) is 1. The van der Waals surface area contributed by atoms with E-state index in [0.29, 0.717) is 6.42 Å². The fourth-order valence-electron chi connectivity index (χ4n) is 2.81. The molecule has 1 saturated heterocycles. The predicted molar refractivity (Wildman–Crippen MR) is 86.6 cm³/mol. The Morgan fingerprint density at radius 2 is 2.27 bits per heavy atom. The van der Waals surface area contributed by atoms with E-state index in [9.17, 15) is 4.79 Å². The van der Waals surface area contributed by atoms with Crippen LogP contribution in [-0.4, -0.2) is 42.3 Å². The van der Waals surface area contributed by atoms with Crippen LogP contribution in [-0.2, 0) is 0 Å². The molecule has 0 spiro atoms. The van der Waals surface area contributed by atoms with Crippen LogP contribution >= 0.6 is 0 Å². The maximum absolute atomic E-state index is 12.3. The highest BCUT2D eigenvalue weighted by molar-refractivity contribution is 5.76. The van der Waals surface area contributed by atoms with Crippen LogP contribution < -0.4 is 10.1 Å². The van der Waals surface area contributed by atoms with E-state index in [4.69, 9.17) is 9.84 Å². The highest BCUT2D eigenvalue weighted by Crippen LogP contribution is 2.20. The number of methoxy groups -OCH3 is 1. The van der Waals surface area contributed by atoms with Gasteiger partial charge >= 0.3 is 6.03 Å². The fourth-order valence-corrected chi connectivity index (χ4v) is 2.81. The molecule has 1 aromatic rings. The predicted octanol–water partition coefficient (Wildman–Crippen LogP) is 2.61. The Balaban J connectivity index is 1.95. The third-order valence-corrected chi connectivity index (χ3v) is 3.96. The monoisotopic (exact) mass is 304 g/mol. The number of carbonyl (C=O) groups excluding carboxylic acids is 1. The van der Waals surface area contributed by atoms with E-state index in [1.165, 1.54) is 0 Å². The summed E-state index contributed by atoms with van der Waals surface area (Å²) in [7, 11) is 1.62. The van der Waals surface area contributed by atoms with Crippen molar-refractivity contribution in [2.24, 2.45) is 0 Å². The van der Waals surface area contributed by atoms with Crippen LogP contribution in [0.1, 0.15) is 31.2 Å². The number of urea groups is 1. The molecule has 5 nitrogen and oxygen atoms in total. The Kier molecular flexibility index (Phi) is 6.27. The number of hydrogen-bond acceptors (Lipinski definition) is 3. The van der Waals surface area contributed by atoms with E-state index in [0.717, 1.165) is 37.1 Å². The number of para-hydroxylation sites is 1. The normalized spacial score (nSPS) is 18.5. The lowest BCUT2D eigenvalue weighted by Crippen LogP contribution is -2.47. The molecule has 1 aliphatic rings. The van der Waals surface area contributed by atoms with Crippen molar-refractivity contribution in [1.82, 2.24) is 10.2 Å². The third kappa shape index (κ3) is 4.24. The Morgan fingerprint density at radius 1 is 1.45 bits per heavy atom. The zero-order chi connectivity index (χ0) is 15.8. The molecule has 0 aromatic heterocycles. The van der Waals surface area contributed by atoms with Gasteiger partial charge < -0.3 is 20.1 Å². The molecule has 1 fully saturated rings. The Bertz CT molecular complexity index is 514. The van der Waals surface area contributed by atoms with Gasteiger partial charge in [0.25, 0.3) is 0 Å². The molecular weight excluding hydrogens is 280 g/mol. The van der Waals surface area contributed by atoms with Gasteiger partial charge in [-0.15, -0.1) is 0 Å². The average molecular weight is 304 g/mol. The quantitative estimate of drug-likeness (QED) is 0.879. The van der Waals surface area contributed by atoms with Crippen LogP contribution in [0.15, 0.2) is 30.5 Å². The molecule has 0 radical (unpaired) electrons. The third-order valence-electron chi connectivity index (χ3n) is 3.96. The minimum Gasteiger partial charge on any atom is -0.496 e. The number of piperidine rings is 1. The summed E-state index contributed by atoms with van der Waals surface area (Å²) in [5.74, 6) is 0.768. The maximum Gasteiger partial charge on any atom is 0.321 e. The van der Waals surface area contributed by atoms with E-state index in [1.54, 1.807) is 13.3 Å². The molecule has 0 bridgehead atoms. The average Bonchev–Trinajstić information content (AvgIpc) is 2.56. The van der Waals surface area contributed by atoms with Crippen LogP contribution in [0.2, 0.25) is 0 Å².